The van der Waals surface area contributed by atoms with E-state index in [-0.39, 0.29) is 23.0 Å². The van der Waals surface area contributed by atoms with Crippen molar-refractivity contribution in [3.05, 3.63) is 0 Å². The number of methoxy groups -OCH3 is 2. The van der Waals surface area contributed by atoms with E-state index in [0.717, 1.165) is 6.42 Å². The normalized spacial score (nSPS) is 31.9. The third-order valence-corrected chi connectivity index (χ3v) is 4.15. The molecule has 0 aromatic heterocycles. The van der Waals surface area contributed by atoms with Gasteiger partial charge in [0.05, 0.1) is 12.2 Å². The first-order valence-electron chi connectivity index (χ1n) is 5.71. The molecule has 1 rings (SSSR count). The lowest BCUT2D eigenvalue weighted by atomic mass is 9.56. The van der Waals surface area contributed by atoms with Crippen molar-refractivity contribution in [2.75, 3.05) is 20.8 Å². The van der Waals surface area contributed by atoms with Crippen LogP contribution < -0.4 is 5.32 Å². The molecule has 1 saturated carbocycles. The number of hydrogen-bond acceptors (Lipinski definition) is 3. The van der Waals surface area contributed by atoms with Crippen LogP contribution in [0.4, 0.5) is 0 Å². The van der Waals surface area contributed by atoms with E-state index < -0.39 is 0 Å². The van der Waals surface area contributed by atoms with Gasteiger partial charge in [0.1, 0.15) is 0 Å². The number of amides is 1. The predicted octanol–water partition coefficient (Wildman–Crippen LogP) is 1.34. The average Bonchev–Trinajstić information content (AvgIpc) is 2.25. The van der Waals surface area contributed by atoms with Gasteiger partial charge in [-0.2, -0.15) is 0 Å². The van der Waals surface area contributed by atoms with Gasteiger partial charge in [-0.3, -0.25) is 4.79 Å². The summed E-state index contributed by atoms with van der Waals surface area (Å²) in [5, 5.41) is 3.03. The summed E-state index contributed by atoms with van der Waals surface area (Å²) in [6, 6.07) is 0.196. The van der Waals surface area contributed by atoms with Gasteiger partial charge < -0.3 is 14.8 Å². The summed E-state index contributed by atoms with van der Waals surface area (Å²) in [5.74, 6) is 0.0538. The topological polar surface area (TPSA) is 47.6 Å². The molecule has 1 N–H and O–H groups in total. The standard InChI is InChI=1S/C12H23NO3/c1-11(2)9(8-12(11,3)16-5)13-10(14)6-7-15-4/h9H,6-8H2,1-5H3,(H,13,14). The van der Waals surface area contributed by atoms with Crippen LogP contribution in [0.1, 0.15) is 33.6 Å². The third-order valence-electron chi connectivity index (χ3n) is 4.15. The Morgan fingerprint density at radius 3 is 2.44 bits per heavy atom. The Hall–Kier alpha value is -0.610. The van der Waals surface area contributed by atoms with Gasteiger partial charge in [0.2, 0.25) is 5.91 Å². The zero-order valence-electron chi connectivity index (χ0n) is 10.9. The van der Waals surface area contributed by atoms with Gasteiger partial charge in [-0.1, -0.05) is 13.8 Å². The van der Waals surface area contributed by atoms with Crippen LogP contribution in [0.25, 0.3) is 0 Å². The van der Waals surface area contributed by atoms with Crippen molar-refractivity contribution in [3.63, 3.8) is 0 Å². The zero-order chi connectivity index (χ0) is 12.4. The second kappa shape index (κ2) is 4.72. The summed E-state index contributed by atoms with van der Waals surface area (Å²) < 4.78 is 10.4. The van der Waals surface area contributed by atoms with Crippen LogP contribution >= 0.6 is 0 Å². The molecule has 1 aliphatic carbocycles. The van der Waals surface area contributed by atoms with Crippen molar-refractivity contribution in [2.45, 2.75) is 45.3 Å². The SMILES string of the molecule is COCCC(=O)NC1CC(C)(OC)C1(C)C. The number of carbonyl (C=O) groups excluding carboxylic acids is 1. The van der Waals surface area contributed by atoms with Gasteiger partial charge in [-0.15, -0.1) is 0 Å². The molecule has 0 spiro atoms. The fourth-order valence-electron chi connectivity index (χ4n) is 2.18. The maximum Gasteiger partial charge on any atom is 0.222 e. The molecular weight excluding hydrogens is 206 g/mol. The molecule has 4 heteroatoms. The Balaban J connectivity index is 2.45. The summed E-state index contributed by atoms with van der Waals surface area (Å²) in [6.45, 7) is 6.81. The number of ether oxygens (including phenoxy) is 2. The van der Waals surface area contributed by atoms with Crippen molar-refractivity contribution in [1.82, 2.24) is 5.32 Å². The Bertz CT molecular complexity index is 265. The molecule has 1 aliphatic rings. The average molecular weight is 229 g/mol. The lowest BCUT2D eigenvalue weighted by molar-refractivity contribution is -0.182. The molecule has 0 aromatic rings. The van der Waals surface area contributed by atoms with Crippen molar-refractivity contribution in [1.29, 1.82) is 0 Å². The van der Waals surface area contributed by atoms with Gasteiger partial charge in [0, 0.05) is 32.1 Å². The Labute approximate surface area is 97.7 Å². The minimum atomic E-state index is -0.133. The van der Waals surface area contributed by atoms with Gasteiger partial charge >= 0.3 is 0 Å². The van der Waals surface area contributed by atoms with E-state index in [2.05, 4.69) is 26.1 Å². The van der Waals surface area contributed by atoms with Crippen LogP contribution in [-0.4, -0.2) is 38.4 Å². The molecule has 1 amide bonds. The summed E-state index contributed by atoms with van der Waals surface area (Å²) in [6.07, 6.45) is 1.29. The lowest BCUT2D eigenvalue weighted by Crippen LogP contribution is -2.68. The van der Waals surface area contributed by atoms with E-state index >= 15 is 0 Å². The predicted molar refractivity (Wildman–Crippen MR) is 62.2 cm³/mol. The summed E-state index contributed by atoms with van der Waals surface area (Å²) in [7, 11) is 3.33. The molecule has 0 aliphatic heterocycles. The quantitative estimate of drug-likeness (QED) is 0.774. The number of rotatable bonds is 5. The van der Waals surface area contributed by atoms with E-state index in [1.165, 1.54) is 0 Å². The van der Waals surface area contributed by atoms with E-state index in [1.54, 1.807) is 14.2 Å². The molecule has 0 aromatic carbocycles. The lowest BCUT2D eigenvalue weighted by Gasteiger charge is -2.59. The smallest absolute Gasteiger partial charge is 0.222 e. The second-order valence-corrected chi connectivity index (χ2v) is 5.22. The van der Waals surface area contributed by atoms with Crippen molar-refractivity contribution < 1.29 is 14.3 Å². The molecule has 0 saturated heterocycles. The van der Waals surface area contributed by atoms with Crippen molar-refractivity contribution >= 4 is 5.91 Å². The van der Waals surface area contributed by atoms with Crippen LogP contribution in [0.15, 0.2) is 0 Å². The molecule has 1 fully saturated rings. The van der Waals surface area contributed by atoms with E-state index in [4.69, 9.17) is 9.47 Å². The van der Waals surface area contributed by atoms with E-state index in [1.807, 2.05) is 0 Å². The monoisotopic (exact) mass is 229 g/mol. The van der Waals surface area contributed by atoms with Crippen molar-refractivity contribution in [3.8, 4) is 0 Å². The molecule has 4 nitrogen and oxygen atoms in total. The van der Waals surface area contributed by atoms with Gasteiger partial charge in [-0.25, -0.2) is 0 Å². The molecule has 0 heterocycles. The van der Waals surface area contributed by atoms with Gasteiger partial charge in [-0.05, 0) is 13.3 Å². The zero-order valence-corrected chi connectivity index (χ0v) is 10.9. The second-order valence-electron chi connectivity index (χ2n) is 5.22. The molecule has 0 bridgehead atoms. The summed E-state index contributed by atoms with van der Waals surface area (Å²) >= 11 is 0. The number of nitrogens with one attached hydrogen (secondary N) is 1. The fraction of sp³-hybridized carbons (Fsp3) is 0.917. The fourth-order valence-corrected chi connectivity index (χ4v) is 2.18. The molecule has 94 valence electrons. The number of carbonyl (C=O) groups is 1. The summed E-state index contributed by atoms with van der Waals surface area (Å²) in [5.41, 5.74) is -0.156. The highest BCUT2D eigenvalue weighted by Gasteiger charge is 2.58. The Morgan fingerprint density at radius 1 is 1.38 bits per heavy atom. The Morgan fingerprint density at radius 2 is 2.00 bits per heavy atom. The molecular formula is C12H23NO3. The number of hydrogen-bond donors (Lipinski definition) is 1. The molecule has 2 atom stereocenters. The summed E-state index contributed by atoms with van der Waals surface area (Å²) in [4.78, 5) is 11.6. The minimum Gasteiger partial charge on any atom is -0.384 e. The van der Waals surface area contributed by atoms with Gasteiger partial charge in [0.15, 0.2) is 0 Å². The highest BCUT2D eigenvalue weighted by molar-refractivity contribution is 5.76. The Kier molecular flexibility index (Phi) is 3.97. The minimum absolute atomic E-state index is 0.0233. The molecule has 0 radical (unpaired) electrons. The van der Waals surface area contributed by atoms with Crippen LogP contribution in [0.3, 0.4) is 0 Å². The van der Waals surface area contributed by atoms with Crippen LogP contribution in [-0.2, 0) is 14.3 Å². The van der Waals surface area contributed by atoms with Crippen LogP contribution in [0.2, 0.25) is 0 Å². The first-order chi connectivity index (χ1) is 7.37. The van der Waals surface area contributed by atoms with E-state index in [9.17, 15) is 4.79 Å². The van der Waals surface area contributed by atoms with Crippen LogP contribution in [0.5, 0.6) is 0 Å². The largest absolute Gasteiger partial charge is 0.384 e. The van der Waals surface area contributed by atoms with E-state index in [0.29, 0.717) is 13.0 Å². The van der Waals surface area contributed by atoms with Gasteiger partial charge in [0.25, 0.3) is 0 Å². The third kappa shape index (κ3) is 2.23. The highest BCUT2D eigenvalue weighted by atomic mass is 16.5. The molecule has 16 heavy (non-hydrogen) atoms. The first-order valence-corrected chi connectivity index (χ1v) is 5.71. The molecule has 2 unspecified atom stereocenters. The highest BCUT2D eigenvalue weighted by Crippen LogP contribution is 2.51. The van der Waals surface area contributed by atoms with Crippen molar-refractivity contribution in [2.24, 2.45) is 5.41 Å². The van der Waals surface area contributed by atoms with Crippen LogP contribution in [0, 0.1) is 5.41 Å². The first kappa shape index (κ1) is 13.5. The maximum atomic E-state index is 11.6. The maximum absolute atomic E-state index is 11.6.